The smallest absolute Gasteiger partial charge is 0.248 e. The first-order valence-electron chi connectivity index (χ1n) is 9.54. The number of aromatic nitrogens is 3. The number of unbranched alkanes of at least 4 members (excludes halogenated alkanes) is 1. The summed E-state index contributed by atoms with van der Waals surface area (Å²) in [6.45, 7) is 0.791. The summed E-state index contributed by atoms with van der Waals surface area (Å²) in [5, 5.41) is 1.04. The molecule has 0 aliphatic rings. The Balaban J connectivity index is 1.53. The van der Waals surface area contributed by atoms with Crippen LogP contribution in [0.2, 0.25) is 0 Å². The van der Waals surface area contributed by atoms with Crippen LogP contribution in [0, 0.1) is 0 Å². The number of aryl methyl sites for hydroxylation is 2. The summed E-state index contributed by atoms with van der Waals surface area (Å²) in [4.78, 5) is 20.6. The van der Waals surface area contributed by atoms with E-state index in [0.717, 1.165) is 59.1 Å². The van der Waals surface area contributed by atoms with E-state index in [-0.39, 0.29) is 0 Å². The number of nitrogens with zero attached hydrogens (tertiary/aromatic N) is 3. The van der Waals surface area contributed by atoms with E-state index in [1.807, 2.05) is 36.7 Å². The van der Waals surface area contributed by atoms with E-state index >= 15 is 0 Å². The van der Waals surface area contributed by atoms with Gasteiger partial charge in [0.05, 0.1) is 24.5 Å². The second kappa shape index (κ2) is 7.79. The van der Waals surface area contributed by atoms with Crippen LogP contribution in [0.5, 0.6) is 5.75 Å². The number of anilines is 1. The molecular formula is C22H23N5O2. The third-order valence-corrected chi connectivity index (χ3v) is 5.15. The maximum absolute atomic E-state index is 11.7. The second-order valence-electron chi connectivity index (χ2n) is 6.99. The van der Waals surface area contributed by atoms with E-state index in [2.05, 4.69) is 14.5 Å². The van der Waals surface area contributed by atoms with Crippen molar-refractivity contribution in [2.24, 2.45) is 5.73 Å². The Morgan fingerprint density at radius 3 is 2.79 bits per heavy atom. The summed E-state index contributed by atoms with van der Waals surface area (Å²) in [7, 11) is 1.61. The van der Waals surface area contributed by atoms with Gasteiger partial charge in [-0.25, -0.2) is 9.97 Å². The number of nitrogen functional groups attached to an aromatic ring is 1. The van der Waals surface area contributed by atoms with E-state index in [1.54, 1.807) is 19.2 Å². The minimum Gasteiger partial charge on any atom is -0.497 e. The summed E-state index contributed by atoms with van der Waals surface area (Å²) >= 11 is 0. The number of methoxy groups -OCH3 is 1. The number of nitrogens with two attached hydrogens (primary N) is 2. The SMILES string of the molecule is COc1ccc(C(N)=O)c(CCCCn2cnc3c(N)nc4ccccc4c32)c1. The van der Waals surface area contributed by atoms with Crippen LogP contribution in [-0.4, -0.2) is 27.6 Å². The number of carbonyl (C=O) groups is 1. The first-order chi connectivity index (χ1) is 14.1. The molecule has 0 spiro atoms. The lowest BCUT2D eigenvalue weighted by atomic mass is 10.0. The number of para-hydroxylation sites is 1. The number of hydrogen-bond acceptors (Lipinski definition) is 5. The fourth-order valence-electron chi connectivity index (χ4n) is 3.72. The lowest BCUT2D eigenvalue weighted by molar-refractivity contribution is 0.0999. The highest BCUT2D eigenvalue weighted by atomic mass is 16.5. The van der Waals surface area contributed by atoms with Crippen molar-refractivity contribution in [1.82, 2.24) is 14.5 Å². The molecule has 0 unspecified atom stereocenters. The first kappa shape index (κ1) is 18.7. The molecule has 1 amide bonds. The molecule has 4 rings (SSSR count). The minimum atomic E-state index is -0.419. The number of ether oxygens (including phenoxy) is 1. The summed E-state index contributed by atoms with van der Waals surface area (Å²) in [5.74, 6) is 0.748. The molecule has 2 aromatic carbocycles. The van der Waals surface area contributed by atoms with Gasteiger partial charge in [0.25, 0.3) is 0 Å². The van der Waals surface area contributed by atoms with Gasteiger partial charge < -0.3 is 20.8 Å². The van der Waals surface area contributed by atoms with E-state index in [1.165, 1.54) is 0 Å². The van der Waals surface area contributed by atoms with Gasteiger partial charge in [-0.15, -0.1) is 0 Å². The monoisotopic (exact) mass is 389 g/mol. The molecule has 148 valence electrons. The van der Waals surface area contributed by atoms with Crippen LogP contribution in [0.25, 0.3) is 21.9 Å². The van der Waals surface area contributed by atoms with Crippen LogP contribution >= 0.6 is 0 Å². The van der Waals surface area contributed by atoms with Crippen molar-refractivity contribution < 1.29 is 9.53 Å². The summed E-state index contributed by atoms with van der Waals surface area (Å²) < 4.78 is 7.39. The van der Waals surface area contributed by atoms with Crippen LogP contribution in [0.3, 0.4) is 0 Å². The van der Waals surface area contributed by atoms with Crippen molar-refractivity contribution in [2.75, 3.05) is 12.8 Å². The highest BCUT2D eigenvalue weighted by Gasteiger charge is 2.13. The first-order valence-corrected chi connectivity index (χ1v) is 9.54. The molecule has 7 nitrogen and oxygen atoms in total. The number of fused-ring (bicyclic) bond motifs is 3. The van der Waals surface area contributed by atoms with E-state index < -0.39 is 5.91 Å². The van der Waals surface area contributed by atoms with Crippen molar-refractivity contribution >= 4 is 33.7 Å². The highest BCUT2D eigenvalue weighted by Crippen LogP contribution is 2.27. The number of primary amides is 1. The molecule has 0 bridgehead atoms. The van der Waals surface area contributed by atoms with Crippen molar-refractivity contribution in [2.45, 2.75) is 25.8 Å². The third-order valence-electron chi connectivity index (χ3n) is 5.15. The van der Waals surface area contributed by atoms with Crippen LogP contribution < -0.4 is 16.2 Å². The number of amides is 1. The molecule has 0 aliphatic carbocycles. The van der Waals surface area contributed by atoms with Gasteiger partial charge in [0.15, 0.2) is 5.82 Å². The lowest BCUT2D eigenvalue weighted by Crippen LogP contribution is -2.14. The zero-order valence-corrected chi connectivity index (χ0v) is 16.3. The highest BCUT2D eigenvalue weighted by molar-refractivity contribution is 6.06. The average Bonchev–Trinajstić information content (AvgIpc) is 3.16. The molecule has 0 atom stereocenters. The number of hydrogen-bond donors (Lipinski definition) is 2. The van der Waals surface area contributed by atoms with Crippen molar-refractivity contribution in [3.63, 3.8) is 0 Å². The van der Waals surface area contributed by atoms with Crippen molar-refractivity contribution in [1.29, 1.82) is 0 Å². The molecule has 4 N–H and O–H groups in total. The van der Waals surface area contributed by atoms with E-state index in [9.17, 15) is 4.79 Å². The molecule has 4 aromatic rings. The third kappa shape index (κ3) is 3.59. The quantitative estimate of drug-likeness (QED) is 0.471. The second-order valence-corrected chi connectivity index (χ2v) is 6.99. The average molecular weight is 389 g/mol. The Morgan fingerprint density at radius 1 is 1.17 bits per heavy atom. The van der Waals surface area contributed by atoms with Crippen LogP contribution in [-0.2, 0) is 13.0 Å². The van der Waals surface area contributed by atoms with Gasteiger partial charge in [0, 0.05) is 17.5 Å². The fraction of sp³-hybridized carbons (Fsp3) is 0.227. The number of carbonyl (C=O) groups excluding carboxylic acids is 1. The van der Waals surface area contributed by atoms with Gasteiger partial charge in [-0.3, -0.25) is 4.79 Å². The topological polar surface area (TPSA) is 109 Å². The molecule has 0 saturated heterocycles. The van der Waals surface area contributed by atoms with E-state index in [0.29, 0.717) is 11.4 Å². The number of benzene rings is 2. The largest absolute Gasteiger partial charge is 0.497 e. The fourth-order valence-corrected chi connectivity index (χ4v) is 3.72. The minimum absolute atomic E-state index is 0.419. The van der Waals surface area contributed by atoms with Gasteiger partial charge in [-0.2, -0.15) is 0 Å². The van der Waals surface area contributed by atoms with Gasteiger partial charge >= 0.3 is 0 Å². The van der Waals surface area contributed by atoms with E-state index in [4.69, 9.17) is 16.2 Å². The molecule has 7 heteroatoms. The van der Waals surface area contributed by atoms with Gasteiger partial charge in [0.2, 0.25) is 5.91 Å². The standard InChI is InChI=1S/C22H23N5O2/c1-29-15-9-10-16(22(24)28)14(12-15)6-4-5-11-27-13-25-19-20(27)17-7-2-3-8-18(17)26-21(19)23/h2-3,7-10,12-13H,4-6,11H2,1H3,(H2,23,26)(H2,24,28). The Kier molecular flexibility index (Phi) is 5.03. The molecule has 0 saturated carbocycles. The maximum Gasteiger partial charge on any atom is 0.248 e. The Bertz CT molecular complexity index is 1200. The van der Waals surface area contributed by atoms with Crippen molar-refractivity contribution in [3.8, 4) is 5.75 Å². The summed E-state index contributed by atoms with van der Waals surface area (Å²) in [6, 6.07) is 13.3. The predicted octanol–water partition coefficient (Wildman–Crippen LogP) is 3.30. The molecule has 0 radical (unpaired) electrons. The zero-order chi connectivity index (χ0) is 20.4. The normalized spacial score (nSPS) is 11.2. The number of pyridine rings is 1. The van der Waals surface area contributed by atoms with Gasteiger partial charge in [-0.05, 0) is 49.1 Å². The molecule has 2 heterocycles. The number of imidazole rings is 1. The van der Waals surface area contributed by atoms with Crippen LogP contribution in [0.15, 0.2) is 48.8 Å². The number of rotatable bonds is 7. The Labute approximate surface area is 168 Å². The molecule has 2 aromatic heterocycles. The van der Waals surface area contributed by atoms with Gasteiger partial charge in [-0.1, -0.05) is 18.2 Å². The maximum atomic E-state index is 11.7. The summed E-state index contributed by atoms with van der Waals surface area (Å²) in [6.07, 6.45) is 4.37. The predicted molar refractivity (Wildman–Crippen MR) is 114 cm³/mol. The van der Waals surface area contributed by atoms with Crippen LogP contribution in [0.4, 0.5) is 5.82 Å². The molecule has 0 aliphatic heterocycles. The Hall–Kier alpha value is -3.61. The Morgan fingerprint density at radius 2 is 2.00 bits per heavy atom. The molecule has 0 fully saturated rings. The molecule has 29 heavy (non-hydrogen) atoms. The van der Waals surface area contributed by atoms with Gasteiger partial charge in [0.1, 0.15) is 11.3 Å². The summed E-state index contributed by atoms with van der Waals surface area (Å²) in [5.41, 5.74) is 15.7. The lowest BCUT2D eigenvalue weighted by Gasteiger charge is -2.10. The zero-order valence-electron chi connectivity index (χ0n) is 16.3. The van der Waals surface area contributed by atoms with Crippen LogP contribution in [0.1, 0.15) is 28.8 Å². The molecular weight excluding hydrogens is 366 g/mol. The van der Waals surface area contributed by atoms with Crippen molar-refractivity contribution in [3.05, 3.63) is 59.9 Å².